The van der Waals surface area contributed by atoms with E-state index in [1.807, 2.05) is 0 Å². The second kappa shape index (κ2) is 0.521. The van der Waals surface area contributed by atoms with Crippen molar-refractivity contribution in [2.24, 2.45) is 22.2 Å². The van der Waals surface area contributed by atoms with Crippen LogP contribution in [0.25, 0.3) is 0 Å². The minimum atomic E-state index is 0.884. The smallest absolute Gasteiger partial charge is 0.0136 e. The van der Waals surface area contributed by atoms with E-state index in [1.165, 1.54) is 12.3 Å². The second-order valence-corrected chi connectivity index (χ2v) is 4.16. The van der Waals surface area contributed by atoms with Crippen molar-refractivity contribution in [3.8, 4) is 0 Å². The molecular formula is C8H12. The monoisotopic (exact) mass is 108 g/mol. The lowest BCUT2D eigenvalue weighted by molar-refractivity contribution is 0.703. The Balaban J connectivity index is 2.09. The van der Waals surface area contributed by atoms with Crippen LogP contribution < -0.4 is 0 Å². The van der Waals surface area contributed by atoms with Crippen LogP contribution in [0.4, 0.5) is 0 Å². The van der Waals surface area contributed by atoms with E-state index in [2.05, 4.69) is 20.8 Å². The van der Waals surface area contributed by atoms with Gasteiger partial charge in [-0.05, 0) is 28.6 Å². The fraction of sp³-hybridized carbons (Fsp3) is 1.00. The van der Waals surface area contributed by atoms with Crippen molar-refractivity contribution in [2.45, 2.75) is 27.2 Å². The van der Waals surface area contributed by atoms with Gasteiger partial charge < -0.3 is 0 Å². The molecule has 0 saturated heterocycles. The van der Waals surface area contributed by atoms with Gasteiger partial charge in [-0.2, -0.15) is 0 Å². The van der Waals surface area contributed by atoms with Crippen LogP contribution in [0.2, 0.25) is 0 Å². The van der Waals surface area contributed by atoms with Crippen LogP contribution in [0.1, 0.15) is 27.2 Å². The van der Waals surface area contributed by atoms with Crippen molar-refractivity contribution >= 4 is 0 Å². The van der Waals surface area contributed by atoms with Crippen molar-refractivity contribution in [1.82, 2.24) is 0 Å². The number of hydrogen-bond donors (Lipinski definition) is 0. The van der Waals surface area contributed by atoms with Crippen LogP contribution >= 0.6 is 0 Å². The molecule has 2 unspecified atom stereocenters. The lowest BCUT2D eigenvalue weighted by Gasteiger charge is -1.79. The number of hydrogen-bond acceptors (Lipinski definition) is 0. The van der Waals surface area contributed by atoms with Crippen molar-refractivity contribution in [2.75, 3.05) is 0 Å². The molecule has 0 bridgehead atoms. The standard InChI is InChI=1S/C8H12/c1-4-8-5-6(8,2)7(5,8)3/h5H,4H2,1-3H3. The summed E-state index contributed by atoms with van der Waals surface area (Å²) >= 11 is 0. The lowest BCUT2D eigenvalue weighted by atomic mass is 10.3. The van der Waals surface area contributed by atoms with E-state index in [-0.39, 0.29) is 0 Å². The molecular weight excluding hydrogens is 96.1 g/mol. The summed E-state index contributed by atoms with van der Waals surface area (Å²) in [6.45, 7) is 7.26. The molecule has 0 nitrogen and oxygen atoms in total. The molecule has 4 saturated carbocycles. The molecule has 4 aliphatic rings. The molecule has 0 spiro atoms. The molecule has 2 atom stereocenters. The fourth-order valence-electron chi connectivity index (χ4n) is 3.99. The third kappa shape index (κ3) is 0.0938. The second-order valence-electron chi connectivity index (χ2n) is 4.16. The van der Waals surface area contributed by atoms with Crippen LogP contribution in [0, 0.1) is 22.2 Å². The summed E-state index contributed by atoms with van der Waals surface area (Å²) in [5.41, 5.74) is 2.68. The Hall–Kier alpha value is 0. The quantitative estimate of drug-likeness (QED) is 0.482. The van der Waals surface area contributed by atoms with Crippen molar-refractivity contribution in [3.05, 3.63) is 0 Å². The molecule has 0 radical (unpaired) electrons. The van der Waals surface area contributed by atoms with E-state index in [0.29, 0.717) is 0 Å². The van der Waals surface area contributed by atoms with Crippen LogP contribution in [-0.4, -0.2) is 0 Å². The highest BCUT2D eigenvalue weighted by molar-refractivity contribution is 5.68. The van der Waals surface area contributed by atoms with Crippen molar-refractivity contribution in [3.63, 3.8) is 0 Å². The van der Waals surface area contributed by atoms with E-state index in [0.717, 1.165) is 16.2 Å². The maximum absolute atomic E-state index is 2.46. The Kier molecular flexibility index (Phi) is 0.255. The lowest BCUT2D eigenvalue weighted by Crippen LogP contribution is -1.70. The van der Waals surface area contributed by atoms with Gasteiger partial charge in [0.05, 0.1) is 0 Å². The first-order valence-electron chi connectivity index (χ1n) is 3.68. The Morgan fingerprint density at radius 3 is 1.62 bits per heavy atom. The van der Waals surface area contributed by atoms with Gasteiger partial charge in [-0.15, -0.1) is 0 Å². The highest BCUT2D eigenvalue weighted by Gasteiger charge is 3.23. The van der Waals surface area contributed by atoms with Gasteiger partial charge in [-0.3, -0.25) is 0 Å². The van der Waals surface area contributed by atoms with Crippen molar-refractivity contribution < 1.29 is 0 Å². The summed E-state index contributed by atoms with van der Waals surface area (Å²) in [5, 5.41) is 0. The number of rotatable bonds is 1. The zero-order chi connectivity index (χ0) is 5.78. The molecule has 0 aromatic rings. The highest BCUT2D eigenvalue weighted by Crippen LogP contribution is 3.26. The van der Waals surface area contributed by atoms with E-state index >= 15 is 0 Å². The Bertz CT molecular complexity index is 178. The average Bonchev–Trinajstić information content (AvgIpc) is 2.61. The third-order valence-electron chi connectivity index (χ3n) is 4.82. The SMILES string of the molecule is CCC12C3C1(C)C32C. The van der Waals surface area contributed by atoms with Gasteiger partial charge >= 0.3 is 0 Å². The van der Waals surface area contributed by atoms with Gasteiger partial charge in [0, 0.05) is 0 Å². The Labute approximate surface area is 50.3 Å². The molecule has 44 valence electrons. The Morgan fingerprint density at radius 2 is 1.62 bits per heavy atom. The zero-order valence-electron chi connectivity index (χ0n) is 5.78. The maximum Gasteiger partial charge on any atom is -0.0136 e. The van der Waals surface area contributed by atoms with E-state index in [1.54, 1.807) is 0 Å². The molecule has 0 aromatic carbocycles. The molecule has 8 heavy (non-hydrogen) atoms. The van der Waals surface area contributed by atoms with Gasteiger partial charge in [0.2, 0.25) is 0 Å². The molecule has 4 rings (SSSR count). The minimum Gasteiger partial charge on any atom is -0.0648 e. The molecule has 4 aliphatic carbocycles. The third-order valence-corrected chi connectivity index (χ3v) is 4.82. The summed E-state index contributed by atoms with van der Waals surface area (Å²) in [6.07, 6.45) is 1.45. The summed E-state index contributed by atoms with van der Waals surface area (Å²) in [4.78, 5) is 0. The average molecular weight is 108 g/mol. The topological polar surface area (TPSA) is 0 Å². The van der Waals surface area contributed by atoms with E-state index in [4.69, 9.17) is 0 Å². The summed E-state index contributed by atoms with van der Waals surface area (Å²) in [7, 11) is 0. The van der Waals surface area contributed by atoms with Crippen LogP contribution in [-0.2, 0) is 0 Å². The summed E-state index contributed by atoms with van der Waals surface area (Å²) in [6, 6.07) is 0. The van der Waals surface area contributed by atoms with Crippen LogP contribution in [0.3, 0.4) is 0 Å². The van der Waals surface area contributed by atoms with Crippen LogP contribution in [0.15, 0.2) is 0 Å². The van der Waals surface area contributed by atoms with Gasteiger partial charge in [-0.1, -0.05) is 20.8 Å². The normalized spacial score (nSPS) is 88.1. The largest absolute Gasteiger partial charge is 0.0648 e. The predicted octanol–water partition coefficient (Wildman–Crippen LogP) is 2.05. The first-order valence-corrected chi connectivity index (χ1v) is 3.68. The zero-order valence-corrected chi connectivity index (χ0v) is 5.78. The highest BCUT2D eigenvalue weighted by atomic mass is 15.3. The summed E-state index contributed by atoms with van der Waals surface area (Å²) in [5.74, 6) is 1.19. The van der Waals surface area contributed by atoms with E-state index in [9.17, 15) is 0 Å². The van der Waals surface area contributed by atoms with E-state index < -0.39 is 0 Å². The van der Waals surface area contributed by atoms with Crippen LogP contribution in [0.5, 0.6) is 0 Å². The molecule has 4 fully saturated rings. The molecule has 0 N–H and O–H groups in total. The van der Waals surface area contributed by atoms with Crippen molar-refractivity contribution in [1.29, 1.82) is 0 Å². The Morgan fingerprint density at radius 1 is 1.25 bits per heavy atom. The van der Waals surface area contributed by atoms with Gasteiger partial charge in [-0.25, -0.2) is 0 Å². The minimum absolute atomic E-state index is 0.884. The first kappa shape index (κ1) is 3.92. The predicted molar refractivity (Wildman–Crippen MR) is 32.4 cm³/mol. The molecule has 0 heterocycles. The molecule has 0 amide bonds. The van der Waals surface area contributed by atoms with Gasteiger partial charge in [0.15, 0.2) is 0 Å². The molecule has 0 heteroatoms. The maximum atomic E-state index is 2.46. The molecule has 0 aromatic heterocycles. The molecule has 0 aliphatic heterocycles. The van der Waals surface area contributed by atoms with Gasteiger partial charge in [0.25, 0.3) is 0 Å². The fourth-order valence-corrected chi connectivity index (χ4v) is 3.99. The summed E-state index contributed by atoms with van der Waals surface area (Å²) < 4.78 is 0. The van der Waals surface area contributed by atoms with Gasteiger partial charge in [0.1, 0.15) is 0 Å². The first-order chi connectivity index (χ1) is 3.68.